The van der Waals surface area contributed by atoms with E-state index in [-0.39, 0.29) is 28.6 Å². The summed E-state index contributed by atoms with van der Waals surface area (Å²) >= 11 is 0. The Bertz CT molecular complexity index is 1220. The van der Waals surface area contributed by atoms with E-state index in [1.165, 1.54) is 0 Å². The summed E-state index contributed by atoms with van der Waals surface area (Å²) in [6.07, 6.45) is 1.44. The van der Waals surface area contributed by atoms with Crippen molar-refractivity contribution in [3.8, 4) is 0 Å². The van der Waals surface area contributed by atoms with Crippen molar-refractivity contribution in [3.05, 3.63) is 35.9 Å². The van der Waals surface area contributed by atoms with Gasteiger partial charge in [-0.2, -0.15) is 0 Å². The van der Waals surface area contributed by atoms with Crippen molar-refractivity contribution in [2.75, 3.05) is 6.54 Å². The SMILES string of the molecule is CC(C)(C)OC(=O)N[C@H](C(=O)N1C[C@H]2[C@@H]([C@H]1C(=O)NC(CC1CC1)C(=O)C(N)=O)C(C)(C)C2(C)C)c1ccccc1. The first-order valence-electron chi connectivity index (χ1n) is 14.4. The summed E-state index contributed by atoms with van der Waals surface area (Å²) in [4.78, 5) is 67.2. The largest absolute Gasteiger partial charge is 0.444 e. The van der Waals surface area contributed by atoms with E-state index in [0.717, 1.165) is 12.8 Å². The third kappa shape index (κ3) is 5.97. The van der Waals surface area contributed by atoms with Gasteiger partial charge in [-0.25, -0.2) is 4.79 Å². The highest BCUT2D eigenvalue weighted by atomic mass is 16.6. The Kier molecular flexibility index (Phi) is 8.01. The quantitative estimate of drug-likeness (QED) is 0.390. The van der Waals surface area contributed by atoms with Crippen LogP contribution in [0.15, 0.2) is 30.3 Å². The Balaban J connectivity index is 1.68. The summed E-state index contributed by atoms with van der Waals surface area (Å²) in [5.74, 6) is -2.78. The zero-order valence-electron chi connectivity index (χ0n) is 25.2. The maximum atomic E-state index is 14.4. The second-order valence-corrected chi connectivity index (χ2v) is 14.0. The maximum Gasteiger partial charge on any atom is 0.408 e. The van der Waals surface area contributed by atoms with Crippen molar-refractivity contribution < 1.29 is 28.7 Å². The van der Waals surface area contributed by atoms with Crippen molar-refractivity contribution in [1.82, 2.24) is 15.5 Å². The molecule has 3 aliphatic rings. The predicted molar refractivity (Wildman–Crippen MR) is 152 cm³/mol. The van der Waals surface area contributed by atoms with Gasteiger partial charge in [0.2, 0.25) is 11.7 Å². The molecule has 1 heterocycles. The molecule has 2 saturated carbocycles. The summed E-state index contributed by atoms with van der Waals surface area (Å²) in [6, 6.07) is 5.80. The molecular weight excluding hydrogens is 524 g/mol. The minimum absolute atomic E-state index is 0.0175. The van der Waals surface area contributed by atoms with Gasteiger partial charge >= 0.3 is 6.09 Å². The van der Waals surface area contributed by atoms with E-state index in [4.69, 9.17) is 10.5 Å². The van der Waals surface area contributed by atoms with Crippen LogP contribution in [0.4, 0.5) is 4.79 Å². The van der Waals surface area contributed by atoms with Crippen molar-refractivity contribution in [2.24, 2.45) is 34.3 Å². The van der Waals surface area contributed by atoms with E-state index < -0.39 is 53.3 Å². The lowest BCUT2D eigenvalue weighted by atomic mass is 9.40. The number of primary amides is 1. The number of hydrogen-bond donors (Lipinski definition) is 3. The Labute approximate surface area is 242 Å². The van der Waals surface area contributed by atoms with Crippen LogP contribution in [0.5, 0.6) is 0 Å². The number of Topliss-reactive ketones (excluding diaryl/α,β-unsaturated/α-hetero) is 1. The zero-order chi connectivity index (χ0) is 30.5. The molecule has 4 N–H and O–H groups in total. The van der Waals surface area contributed by atoms with Crippen molar-refractivity contribution >= 4 is 29.6 Å². The third-order valence-corrected chi connectivity index (χ3v) is 9.66. The van der Waals surface area contributed by atoms with E-state index in [9.17, 15) is 24.0 Å². The van der Waals surface area contributed by atoms with Gasteiger partial charge < -0.3 is 26.0 Å². The molecule has 10 heteroatoms. The molecule has 10 nitrogen and oxygen atoms in total. The number of nitrogens with one attached hydrogen (secondary N) is 2. The molecule has 0 radical (unpaired) electrons. The topological polar surface area (TPSA) is 148 Å². The van der Waals surface area contributed by atoms with Gasteiger partial charge in [-0.1, -0.05) is 70.9 Å². The molecule has 3 fully saturated rings. The molecule has 1 unspecified atom stereocenters. The van der Waals surface area contributed by atoms with Crippen molar-refractivity contribution in [3.63, 3.8) is 0 Å². The zero-order valence-corrected chi connectivity index (χ0v) is 25.2. The lowest BCUT2D eigenvalue weighted by Gasteiger charge is -2.63. The van der Waals surface area contributed by atoms with Crippen molar-refractivity contribution in [2.45, 2.75) is 91.5 Å². The minimum Gasteiger partial charge on any atom is -0.444 e. The van der Waals surface area contributed by atoms with Crippen LogP contribution in [-0.2, 0) is 23.9 Å². The van der Waals surface area contributed by atoms with Crippen LogP contribution in [0.1, 0.15) is 79.3 Å². The summed E-state index contributed by atoms with van der Waals surface area (Å²) in [6.45, 7) is 14.0. The van der Waals surface area contributed by atoms with Crippen molar-refractivity contribution in [1.29, 1.82) is 0 Å². The Morgan fingerprint density at radius 2 is 1.61 bits per heavy atom. The van der Waals surface area contributed by atoms with E-state index in [1.807, 2.05) is 6.07 Å². The van der Waals surface area contributed by atoms with Crippen LogP contribution in [0.25, 0.3) is 0 Å². The number of likely N-dealkylation sites (tertiary alicyclic amines) is 1. The first kappa shape index (κ1) is 30.5. The number of amides is 4. The predicted octanol–water partition coefficient (Wildman–Crippen LogP) is 3.10. The van der Waals surface area contributed by atoms with Gasteiger partial charge in [0.05, 0.1) is 6.04 Å². The highest BCUT2D eigenvalue weighted by Gasteiger charge is 2.70. The fraction of sp³-hybridized carbons (Fsp3) is 0.645. The molecular formula is C31H44N4O6. The van der Waals surface area contributed by atoms with Crippen LogP contribution in [0, 0.1) is 28.6 Å². The molecule has 2 aliphatic carbocycles. The number of rotatable bonds is 9. The number of carbonyl (C=O) groups is 5. The molecule has 1 aromatic rings. The Morgan fingerprint density at radius 1 is 1.00 bits per heavy atom. The first-order chi connectivity index (χ1) is 19.0. The number of fused-ring (bicyclic) bond motifs is 1. The molecule has 5 atom stereocenters. The van der Waals surface area contributed by atoms with E-state index in [0.29, 0.717) is 18.5 Å². The average molecular weight is 569 g/mol. The van der Waals surface area contributed by atoms with Crippen LogP contribution in [0.3, 0.4) is 0 Å². The highest BCUT2D eigenvalue weighted by Crippen LogP contribution is 2.68. The number of benzene rings is 1. The number of ketones is 1. The molecule has 0 aromatic heterocycles. The molecule has 41 heavy (non-hydrogen) atoms. The highest BCUT2D eigenvalue weighted by molar-refractivity contribution is 6.37. The molecule has 4 amide bonds. The summed E-state index contributed by atoms with van der Waals surface area (Å²) < 4.78 is 5.46. The molecule has 224 valence electrons. The summed E-state index contributed by atoms with van der Waals surface area (Å²) in [7, 11) is 0. The van der Waals surface area contributed by atoms with Gasteiger partial charge in [-0.05, 0) is 61.3 Å². The smallest absolute Gasteiger partial charge is 0.408 e. The van der Waals surface area contributed by atoms with Gasteiger partial charge in [0.15, 0.2) is 0 Å². The molecule has 4 rings (SSSR count). The first-order valence-corrected chi connectivity index (χ1v) is 14.4. The number of hydrogen-bond acceptors (Lipinski definition) is 6. The summed E-state index contributed by atoms with van der Waals surface area (Å²) in [5, 5.41) is 5.53. The van der Waals surface area contributed by atoms with Gasteiger partial charge in [0, 0.05) is 6.54 Å². The number of nitrogens with zero attached hydrogens (tertiary/aromatic N) is 1. The number of carbonyl (C=O) groups excluding carboxylic acids is 5. The maximum absolute atomic E-state index is 14.4. The third-order valence-electron chi connectivity index (χ3n) is 9.66. The van der Waals surface area contributed by atoms with E-state index >= 15 is 0 Å². The van der Waals surface area contributed by atoms with Crippen LogP contribution in [0.2, 0.25) is 0 Å². The second-order valence-electron chi connectivity index (χ2n) is 14.0. The monoisotopic (exact) mass is 568 g/mol. The van der Waals surface area contributed by atoms with Gasteiger partial charge in [0.1, 0.15) is 17.7 Å². The molecule has 0 bridgehead atoms. The minimum atomic E-state index is -1.10. The number of ether oxygens (including phenoxy) is 1. The fourth-order valence-electron chi connectivity index (χ4n) is 6.64. The lowest BCUT2D eigenvalue weighted by Crippen LogP contribution is -2.64. The Hall–Kier alpha value is -3.43. The van der Waals surface area contributed by atoms with Crippen LogP contribution in [-0.4, -0.2) is 58.7 Å². The molecule has 0 spiro atoms. The van der Waals surface area contributed by atoms with Gasteiger partial charge in [0.25, 0.3) is 11.8 Å². The van der Waals surface area contributed by atoms with Crippen LogP contribution < -0.4 is 16.4 Å². The fourth-order valence-corrected chi connectivity index (χ4v) is 6.64. The standard InChI is InChI=1S/C31H44N4O6/c1-29(2,3)41-28(40)34-22(18-11-9-8-10-12-18)27(39)35-16-19-21(31(6,7)30(19,4)5)23(35)26(38)33-20(15-17-13-14-17)24(36)25(32)37/h8-12,17,19-23H,13-16H2,1-7H3,(H2,32,37)(H,33,38)(H,34,40)/t19-,20?,21-,22-,23-/m0/s1. The molecule has 1 saturated heterocycles. The normalized spacial score (nSPS) is 25.6. The molecule has 1 aliphatic heterocycles. The average Bonchev–Trinajstić information content (AvgIpc) is 3.60. The number of nitrogens with two attached hydrogens (primary N) is 1. The van der Waals surface area contributed by atoms with Gasteiger partial charge in [-0.15, -0.1) is 0 Å². The van der Waals surface area contributed by atoms with Crippen LogP contribution >= 0.6 is 0 Å². The number of alkyl carbamates (subject to hydrolysis) is 1. The Morgan fingerprint density at radius 3 is 2.15 bits per heavy atom. The molecule has 1 aromatic carbocycles. The van der Waals surface area contributed by atoms with E-state index in [1.54, 1.807) is 49.9 Å². The summed E-state index contributed by atoms with van der Waals surface area (Å²) in [5.41, 5.74) is 4.60. The van der Waals surface area contributed by atoms with Gasteiger partial charge in [-0.3, -0.25) is 19.2 Å². The second kappa shape index (κ2) is 10.8. The lowest BCUT2D eigenvalue weighted by molar-refractivity contribution is -0.161. The van der Waals surface area contributed by atoms with E-state index in [2.05, 4.69) is 38.3 Å².